The number of para-hydroxylation sites is 1. The summed E-state index contributed by atoms with van der Waals surface area (Å²) >= 11 is 0. The fraction of sp³-hybridized carbons (Fsp3) is 0.278. The third-order valence-corrected chi connectivity index (χ3v) is 3.50. The Morgan fingerprint density at radius 1 is 0.917 bits per heavy atom. The molecule has 2 amide bonds. The van der Waals surface area contributed by atoms with E-state index in [1.165, 1.54) is 0 Å². The van der Waals surface area contributed by atoms with Gasteiger partial charge in [0, 0.05) is 18.3 Å². The van der Waals surface area contributed by atoms with E-state index in [4.69, 9.17) is 14.2 Å². The van der Waals surface area contributed by atoms with E-state index < -0.39 is 0 Å². The Hall–Kier alpha value is -2.89. The summed E-state index contributed by atoms with van der Waals surface area (Å²) in [6, 6.07) is 12.7. The fourth-order valence-corrected chi connectivity index (χ4v) is 2.30. The fourth-order valence-electron chi connectivity index (χ4n) is 2.30. The summed E-state index contributed by atoms with van der Waals surface area (Å²) in [7, 11) is 4.76. The molecule has 0 saturated carbocycles. The zero-order valence-corrected chi connectivity index (χ0v) is 14.1. The van der Waals surface area contributed by atoms with E-state index in [0.717, 1.165) is 11.3 Å². The second kappa shape index (κ2) is 8.67. The van der Waals surface area contributed by atoms with Crippen molar-refractivity contribution in [3.8, 4) is 17.2 Å². The van der Waals surface area contributed by atoms with Gasteiger partial charge in [0.2, 0.25) is 0 Å². The van der Waals surface area contributed by atoms with E-state index in [0.29, 0.717) is 30.2 Å². The van der Waals surface area contributed by atoms with Crippen LogP contribution in [0.5, 0.6) is 17.2 Å². The van der Waals surface area contributed by atoms with Crippen LogP contribution in [0.2, 0.25) is 0 Å². The van der Waals surface area contributed by atoms with Crippen LogP contribution in [-0.2, 0) is 6.42 Å². The molecule has 0 unspecified atom stereocenters. The SMILES string of the molecule is COc1cc(OC)c(OC)cc1CCNC(=O)Nc1ccccc1. The van der Waals surface area contributed by atoms with Crippen molar-refractivity contribution in [2.75, 3.05) is 33.2 Å². The Kier molecular flexibility index (Phi) is 6.31. The van der Waals surface area contributed by atoms with Crippen molar-refractivity contribution in [3.63, 3.8) is 0 Å². The maximum absolute atomic E-state index is 11.9. The maximum atomic E-state index is 11.9. The lowest BCUT2D eigenvalue weighted by molar-refractivity contribution is 0.252. The first-order valence-electron chi connectivity index (χ1n) is 7.56. The van der Waals surface area contributed by atoms with Crippen LogP contribution < -0.4 is 24.8 Å². The maximum Gasteiger partial charge on any atom is 0.319 e. The second-order valence-electron chi connectivity index (χ2n) is 5.02. The van der Waals surface area contributed by atoms with Gasteiger partial charge in [-0.1, -0.05) is 18.2 Å². The summed E-state index contributed by atoms with van der Waals surface area (Å²) in [5.41, 5.74) is 1.67. The van der Waals surface area contributed by atoms with E-state index in [9.17, 15) is 4.79 Å². The average molecular weight is 330 g/mol. The molecule has 0 fully saturated rings. The number of anilines is 1. The largest absolute Gasteiger partial charge is 0.496 e. The van der Waals surface area contributed by atoms with Crippen molar-refractivity contribution >= 4 is 11.7 Å². The normalized spacial score (nSPS) is 9.96. The molecular weight excluding hydrogens is 308 g/mol. The number of rotatable bonds is 7. The molecule has 0 aliphatic carbocycles. The number of carbonyl (C=O) groups is 1. The number of carbonyl (C=O) groups excluding carboxylic acids is 1. The topological polar surface area (TPSA) is 68.8 Å². The van der Waals surface area contributed by atoms with Crippen LogP contribution in [-0.4, -0.2) is 33.9 Å². The molecule has 2 aromatic carbocycles. The molecule has 2 N–H and O–H groups in total. The van der Waals surface area contributed by atoms with Gasteiger partial charge in [0.15, 0.2) is 11.5 Å². The van der Waals surface area contributed by atoms with Gasteiger partial charge < -0.3 is 24.8 Å². The highest BCUT2D eigenvalue weighted by Crippen LogP contribution is 2.34. The van der Waals surface area contributed by atoms with E-state index in [1.807, 2.05) is 36.4 Å². The molecule has 2 rings (SSSR count). The molecular formula is C18H22N2O4. The van der Waals surface area contributed by atoms with E-state index in [1.54, 1.807) is 27.4 Å². The Labute approximate surface area is 141 Å². The monoisotopic (exact) mass is 330 g/mol. The smallest absolute Gasteiger partial charge is 0.319 e. The number of nitrogens with one attached hydrogen (secondary N) is 2. The van der Waals surface area contributed by atoms with Crippen molar-refractivity contribution < 1.29 is 19.0 Å². The molecule has 0 heterocycles. The molecule has 0 aromatic heterocycles. The van der Waals surface area contributed by atoms with Crippen LogP contribution >= 0.6 is 0 Å². The summed E-state index contributed by atoms with van der Waals surface area (Å²) in [4.78, 5) is 11.9. The first kappa shape index (κ1) is 17.5. The van der Waals surface area contributed by atoms with Gasteiger partial charge >= 0.3 is 6.03 Å². The molecule has 0 radical (unpaired) electrons. The van der Waals surface area contributed by atoms with Crippen molar-refractivity contribution in [1.29, 1.82) is 0 Å². The Balaban J connectivity index is 1.95. The summed E-state index contributed by atoms with van der Waals surface area (Å²) in [6.45, 7) is 0.463. The quantitative estimate of drug-likeness (QED) is 0.818. The van der Waals surface area contributed by atoms with Crippen molar-refractivity contribution in [2.24, 2.45) is 0 Å². The van der Waals surface area contributed by atoms with Gasteiger partial charge in [-0.05, 0) is 30.2 Å². The van der Waals surface area contributed by atoms with Crippen LogP contribution in [0.3, 0.4) is 0 Å². The van der Waals surface area contributed by atoms with Crippen LogP contribution in [0.15, 0.2) is 42.5 Å². The molecule has 0 spiro atoms. The zero-order chi connectivity index (χ0) is 17.4. The number of benzene rings is 2. The molecule has 128 valence electrons. The first-order valence-corrected chi connectivity index (χ1v) is 7.56. The number of ether oxygens (including phenoxy) is 3. The summed E-state index contributed by atoms with van der Waals surface area (Å²) in [6.07, 6.45) is 0.603. The highest BCUT2D eigenvalue weighted by atomic mass is 16.5. The average Bonchev–Trinajstić information content (AvgIpc) is 2.62. The number of methoxy groups -OCH3 is 3. The minimum absolute atomic E-state index is 0.249. The molecule has 0 aliphatic rings. The predicted octanol–water partition coefficient (Wildman–Crippen LogP) is 3.08. The summed E-state index contributed by atoms with van der Waals surface area (Å²) < 4.78 is 15.9. The summed E-state index contributed by atoms with van der Waals surface area (Å²) in [5.74, 6) is 1.92. The molecule has 0 aliphatic heterocycles. The van der Waals surface area contributed by atoms with E-state index in [2.05, 4.69) is 10.6 Å². The number of hydrogen-bond acceptors (Lipinski definition) is 4. The van der Waals surface area contributed by atoms with Gasteiger partial charge in [0.1, 0.15) is 5.75 Å². The van der Waals surface area contributed by atoms with Crippen LogP contribution in [0.1, 0.15) is 5.56 Å². The number of amides is 2. The number of hydrogen-bond donors (Lipinski definition) is 2. The minimum Gasteiger partial charge on any atom is -0.496 e. The van der Waals surface area contributed by atoms with Crippen molar-refractivity contribution in [2.45, 2.75) is 6.42 Å². The lowest BCUT2D eigenvalue weighted by atomic mass is 10.1. The third-order valence-electron chi connectivity index (χ3n) is 3.50. The van der Waals surface area contributed by atoms with Crippen LogP contribution in [0.25, 0.3) is 0 Å². The van der Waals surface area contributed by atoms with Gasteiger partial charge in [-0.15, -0.1) is 0 Å². The number of urea groups is 1. The molecule has 0 atom stereocenters. The Morgan fingerprint density at radius 3 is 2.17 bits per heavy atom. The Bertz CT molecular complexity index is 674. The molecule has 24 heavy (non-hydrogen) atoms. The zero-order valence-electron chi connectivity index (χ0n) is 14.1. The van der Waals surface area contributed by atoms with Crippen molar-refractivity contribution in [1.82, 2.24) is 5.32 Å². The van der Waals surface area contributed by atoms with E-state index >= 15 is 0 Å². The molecule has 6 nitrogen and oxygen atoms in total. The highest BCUT2D eigenvalue weighted by Gasteiger charge is 2.12. The van der Waals surface area contributed by atoms with E-state index in [-0.39, 0.29) is 6.03 Å². The van der Waals surface area contributed by atoms with Gasteiger partial charge in [0.05, 0.1) is 21.3 Å². The third kappa shape index (κ3) is 4.55. The predicted molar refractivity (Wildman–Crippen MR) is 93.3 cm³/mol. The van der Waals surface area contributed by atoms with Gasteiger partial charge in [-0.3, -0.25) is 0 Å². The molecule has 0 saturated heterocycles. The van der Waals surface area contributed by atoms with Crippen LogP contribution in [0.4, 0.5) is 10.5 Å². The minimum atomic E-state index is -0.249. The molecule has 2 aromatic rings. The Morgan fingerprint density at radius 2 is 1.54 bits per heavy atom. The molecule has 6 heteroatoms. The highest BCUT2D eigenvalue weighted by molar-refractivity contribution is 5.89. The van der Waals surface area contributed by atoms with Crippen molar-refractivity contribution in [3.05, 3.63) is 48.0 Å². The molecule has 0 bridgehead atoms. The van der Waals surface area contributed by atoms with Crippen LogP contribution in [0, 0.1) is 0 Å². The lowest BCUT2D eigenvalue weighted by Gasteiger charge is -2.14. The first-order chi connectivity index (χ1) is 11.7. The van der Waals surface area contributed by atoms with Gasteiger partial charge in [0.25, 0.3) is 0 Å². The van der Waals surface area contributed by atoms with Gasteiger partial charge in [-0.25, -0.2) is 4.79 Å². The van der Waals surface area contributed by atoms with Gasteiger partial charge in [-0.2, -0.15) is 0 Å². The summed E-state index contributed by atoms with van der Waals surface area (Å²) in [5, 5.41) is 5.59. The lowest BCUT2D eigenvalue weighted by Crippen LogP contribution is -2.30. The second-order valence-corrected chi connectivity index (χ2v) is 5.02. The standard InChI is InChI=1S/C18H22N2O4/c1-22-15-12-17(24-3)16(23-2)11-13(15)9-10-19-18(21)20-14-7-5-4-6-8-14/h4-8,11-12H,9-10H2,1-3H3,(H2,19,20,21).